The molecule has 2 saturated carbocycles. The van der Waals surface area contributed by atoms with Crippen LogP contribution in [0.4, 0.5) is 39.5 Å². The van der Waals surface area contributed by atoms with Gasteiger partial charge in [-0.3, -0.25) is 0 Å². The molecule has 0 spiro atoms. The van der Waals surface area contributed by atoms with Crippen LogP contribution in [0.2, 0.25) is 0 Å². The van der Waals surface area contributed by atoms with Crippen LogP contribution in [0.3, 0.4) is 0 Å². The Morgan fingerprint density at radius 2 is 1.56 bits per heavy atom. The maximum absolute atomic E-state index is 13.7. The summed E-state index contributed by atoms with van der Waals surface area (Å²) >= 11 is 4.82. The Morgan fingerprint density at radius 3 is 2.15 bits per heavy atom. The molecule has 4 aliphatic rings. The van der Waals surface area contributed by atoms with Gasteiger partial charge in [0.15, 0.2) is 0 Å². The molecule has 0 N–H and O–H groups in total. The molecule has 0 aromatic rings. The molecule has 0 heterocycles. The van der Waals surface area contributed by atoms with Gasteiger partial charge < -0.3 is 9.47 Å². The second kappa shape index (κ2) is 9.30. The van der Waals surface area contributed by atoms with E-state index in [1.165, 1.54) is 6.08 Å². The number of carbonyl (C=O) groups is 2. The summed E-state index contributed by atoms with van der Waals surface area (Å²) in [5.41, 5.74) is -0.521. The first-order valence-electron chi connectivity index (χ1n) is 12.4. The van der Waals surface area contributed by atoms with Crippen molar-refractivity contribution >= 4 is 23.5 Å². The molecule has 4 nitrogen and oxygen atoms in total. The minimum absolute atomic E-state index is 0.0131. The van der Waals surface area contributed by atoms with Gasteiger partial charge in [0.1, 0.15) is 11.9 Å². The molecule has 4 rings (SSSR count). The number of allylic oxidation sites excluding steroid dienone is 4. The summed E-state index contributed by atoms with van der Waals surface area (Å²) in [6.07, 6.45) is -1.65. The zero-order chi connectivity index (χ0) is 29.4. The maximum atomic E-state index is 13.7. The van der Waals surface area contributed by atoms with Crippen LogP contribution in [0.25, 0.3) is 0 Å². The Kier molecular flexibility index (Phi) is 7.17. The largest absolute Gasteiger partial charge is 0.460 e. The molecule has 0 aromatic heterocycles. The summed E-state index contributed by atoms with van der Waals surface area (Å²) < 4.78 is 127. The molecule has 2 fully saturated rings. The van der Waals surface area contributed by atoms with Crippen molar-refractivity contribution in [2.75, 3.05) is 0 Å². The van der Waals surface area contributed by atoms with Gasteiger partial charge in [-0.15, -0.1) is 0 Å². The number of ether oxygens (including phenoxy) is 2. The molecule has 0 aromatic carbocycles. The summed E-state index contributed by atoms with van der Waals surface area (Å²) in [6, 6.07) is 0. The van der Waals surface area contributed by atoms with Gasteiger partial charge in [-0.2, -0.15) is 39.5 Å². The highest BCUT2D eigenvalue weighted by Crippen LogP contribution is 2.65. The van der Waals surface area contributed by atoms with Crippen LogP contribution in [0, 0.1) is 28.6 Å². The van der Waals surface area contributed by atoms with E-state index in [9.17, 15) is 49.1 Å². The fourth-order valence-corrected chi connectivity index (χ4v) is 7.26. The fraction of sp³-hybridized carbons (Fsp3) is 0.760. The number of carbonyl (C=O) groups excluding carboxylic acids is 2. The number of alkyl halides is 10. The van der Waals surface area contributed by atoms with Crippen LogP contribution in [-0.2, 0) is 19.1 Å². The van der Waals surface area contributed by atoms with Crippen molar-refractivity contribution in [1.29, 1.82) is 0 Å². The second-order valence-corrected chi connectivity index (χ2v) is 11.8. The Labute approximate surface area is 222 Å². The minimum atomic E-state index is -6.66. The molecule has 39 heavy (non-hydrogen) atoms. The monoisotopic (exact) mass is 596 g/mol. The molecule has 14 heteroatoms. The maximum Gasteiger partial charge on any atom is 0.460 e. The van der Waals surface area contributed by atoms with Crippen LogP contribution < -0.4 is 0 Å². The van der Waals surface area contributed by atoms with E-state index in [0.29, 0.717) is 37.7 Å². The van der Waals surface area contributed by atoms with Crippen molar-refractivity contribution < 1.29 is 58.6 Å². The highest BCUT2D eigenvalue weighted by molar-refractivity contribution is 6.31. The van der Waals surface area contributed by atoms with Crippen molar-refractivity contribution in [3.8, 4) is 0 Å². The van der Waals surface area contributed by atoms with Crippen LogP contribution in [-0.4, -0.2) is 41.4 Å². The van der Waals surface area contributed by atoms with Gasteiger partial charge in [-0.05, 0) is 84.9 Å². The van der Waals surface area contributed by atoms with Crippen molar-refractivity contribution in [1.82, 2.24) is 0 Å². The second-order valence-electron chi connectivity index (χ2n) is 11.3. The Bertz CT molecular complexity index is 1100. The molecule has 4 aliphatic carbocycles. The fourth-order valence-electron chi connectivity index (χ4n) is 7.21. The summed E-state index contributed by atoms with van der Waals surface area (Å²) in [7, 11) is 0. The normalized spacial score (nSPS) is 35.2. The molecular formula is C25H26ClF9O4. The van der Waals surface area contributed by atoms with Gasteiger partial charge in [-0.25, -0.2) is 9.59 Å². The summed E-state index contributed by atoms with van der Waals surface area (Å²) in [5.74, 6) is -17.9. The van der Waals surface area contributed by atoms with Crippen molar-refractivity contribution in [3.05, 3.63) is 23.5 Å². The minimum Gasteiger partial charge on any atom is -0.456 e. The lowest BCUT2D eigenvalue weighted by atomic mass is 9.48. The van der Waals surface area contributed by atoms with Crippen molar-refractivity contribution in [3.63, 3.8) is 0 Å². The average Bonchev–Trinajstić information content (AvgIpc) is 3.13. The van der Waals surface area contributed by atoms with Crippen molar-refractivity contribution in [2.24, 2.45) is 28.6 Å². The van der Waals surface area contributed by atoms with Gasteiger partial charge in [0.05, 0.1) is 0 Å². The molecule has 0 aliphatic heterocycles. The standard InChI is InChI=1S/C25H26ClF9O4/c1-20-9-7-13(38-18(36)22(27,28)24(31,32)25(33,34)35)11-12(20)3-4-14-15-5-6-17(39-19(37)23(26,29)30)21(15,2)10-8-16(14)20/h3,11,14-17H,4-10H2,1-2H3/t14-,15-,16-,17-,20-,21-/m0/s1. The summed E-state index contributed by atoms with van der Waals surface area (Å²) in [6.45, 7) is 3.81. The molecule has 0 bridgehead atoms. The number of halogens is 10. The van der Waals surface area contributed by atoms with Gasteiger partial charge in [0.25, 0.3) is 0 Å². The zero-order valence-electron chi connectivity index (χ0n) is 20.8. The molecule has 220 valence electrons. The number of fused-ring (bicyclic) bond motifs is 5. The molecule has 0 saturated heterocycles. The van der Waals surface area contributed by atoms with E-state index < -0.39 is 58.0 Å². The lowest BCUT2D eigenvalue weighted by molar-refractivity contribution is -0.347. The number of esters is 2. The lowest BCUT2D eigenvalue weighted by Crippen LogP contribution is -2.56. The lowest BCUT2D eigenvalue weighted by Gasteiger charge is -2.56. The molecular weight excluding hydrogens is 571 g/mol. The molecule has 0 unspecified atom stereocenters. The van der Waals surface area contributed by atoms with Gasteiger partial charge >= 0.3 is 35.3 Å². The number of hydrogen-bond donors (Lipinski definition) is 0. The smallest absolute Gasteiger partial charge is 0.456 e. The highest BCUT2D eigenvalue weighted by atomic mass is 35.5. The quantitative estimate of drug-likeness (QED) is 0.187. The Balaban J connectivity index is 1.52. The highest BCUT2D eigenvalue weighted by Gasteiger charge is 2.77. The molecule has 6 atom stereocenters. The third-order valence-corrected chi connectivity index (χ3v) is 9.51. The average molecular weight is 597 g/mol. The predicted molar refractivity (Wildman–Crippen MR) is 118 cm³/mol. The Hall–Kier alpha value is -1.92. The van der Waals surface area contributed by atoms with E-state index in [-0.39, 0.29) is 30.6 Å². The first-order chi connectivity index (χ1) is 17.7. The topological polar surface area (TPSA) is 52.6 Å². The van der Waals surface area contributed by atoms with E-state index in [2.05, 4.69) is 4.74 Å². The Morgan fingerprint density at radius 1 is 0.923 bits per heavy atom. The van der Waals surface area contributed by atoms with E-state index in [0.717, 1.165) is 0 Å². The summed E-state index contributed by atoms with van der Waals surface area (Å²) in [4.78, 5) is 23.5. The van der Waals surface area contributed by atoms with Crippen LogP contribution in [0.5, 0.6) is 0 Å². The number of hydrogen-bond acceptors (Lipinski definition) is 4. The van der Waals surface area contributed by atoms with Crippen LogP contribution in [0.1, 0.15) is 58.8 Å². The third-order valence-electron chi connectivity index (χ3n) is 9.36. The van der Waals surface area contributed by atoms with Crippen LogP contribution >= 0.6 is 11.6 Å². The molecule has 0 amide bonds. The SMILES string of the molecule is C[C@]12CC[C@H]3[C@@H](CC=C4C=C(OC(=O)C(F)(F)C(F)(F)C(F)(F)F)CC[C@@]43C)[C@@H]1CC[C@@H]2OC(=O)C(F)(F)Cl. The van der Waals surface area contributed by atoms with E-state index in [1.54, 1.807) is 6.08 Å². The number of rotatable bonds is 5. The first-order valence-corrected chi connectivity index (χ1v) is 12.8. The van der Waals surface area contributed by atoms with E-state index >= 15 is 0 Å². The zero-order valence-corrected chi connectivity index (χ0v) is 21.6. The van der Waals surface area contributed by atoms with Gasteiger partial charge in [0.2, 0.25) is 0 Å². The first kappa shape index (κ1) is 30.0. The van der Waals surface area contributed by atoms with E-state index in [4.69, 9.17) is 16.3 Å². The predicted octanol–water partition coefficient (Wildman–Crippen LogP) is 7.56. The summed E-state index contributed by atoms with van der Waals surface area (Å²) in [5, 5.41) is -4.14. The third kappa shape index (κ3) is 4.73. The van der Waals surface area contributed by atoms with Crippen LogP contribution in [0.15, 0.2) is 23.5 Å². The van der Waals surface area contributed by atoms with Gasteiger partial charge in [0, 0.05) is 11.8 Å². The van der Waals surface area contributed by atoms with Crippen molar-refractivity contribution in [2.45, 2.75) is 88.3 Å². The van der Waals surface area contributed by atoms with E-state index in [1.807, 2.05) is 13.8 Å². The van der Waals surface area contributed by atoms with Gasteiger partial charge in [-0.1, -0.05) is 19.9 Å². The molecule has 0 radical (unpaired) electrons.